The third kappa shape index (κ3) is 2.90. The molecule has 2 aromatic carbocycles. The Morgan fingerprint density at radius 1 is 1.12 bits per heavy atom. The number of halogens is 2. The minimum atomic E-state index is -1.43. The first-order valence-corrected chi connectivity index (χ1v) is 7.27. The van der Waals surface area contributed by atoms with Crippen molar-refractivity contribution >= 4 is 16.9 Å². The van der Waals surface area contributed by atoms with Crippen molar-refractivity contribution in [2.45, 2.75) is 13.0 Å². The van der Waals surface area contributed by atoms with Gasteiger partial charge in [0.15, 0.2) is 5.82 Å². The van der Waals surface area contributed by atoms with Gasteiger partial charge in [-0.15, -0.1) is 0 Å². The fourth-order valence-electron chi connectivity index (χ4n) is 2.68. The number of benzene rings is 2. The minimum absolute atomic E-state index is 0.0951. The van der Waals surface area contributed by atoms with E-state index in [9.17, 15) is 23.5 Å². The Balaban J connectivity index is 2.16. The summed E-state index contributed by atoms with van der Waals surface area (Å²) in [6, 6.07) is 10.9. The highest BCUT2D eigenvalue weighted by Gasteiger charge is 2.18. The predicted molar refractivity (Wildman–Crippen MR) is 85.2 cm³/mol. The smallest absolute Gasteiger partial charge is 0.341 e. The normalized spacial score (nSPS) is 10.9. The molecule has 0 aliphatic rings. The molecule has 1 aromatic heterocycles. The number of carboxylic acid groups (broad SMARTS) is 1. The summed E-state index contributed by atoms with van der Waals surface area (Å²) in [5.41, 5.74) is -0.529. The Hall–Kier alpha value is -3.02. The van der Waals surface area contributed by atoms with Crippen LogP contribution in [0.3, 0.4) is 0 Å². The zero-order chi connectivity index (χ0) is 17.3. The average Bonchev–Trinajstić information content (AvgIpc) is 2.55. The van der Waals surface area contributed by atoms with Crippen LogP contribution in [0.2, 0.25) is 0 Å². The van der Waals surface area contributed by atoms with E-state index < -0.39 is 28.6 Å². The second kappa shape index (κ2) is 6.23. The highest BCUT2D eigenvalue weighted by atomic mass is 19.1. The van der Waals surface area contributed by atoms with Gasteiger partial charge in [-0.1, -0.05) is 30.3 Å². The Kier molecular flexibility index (Phi) is 4.12. The lowest BCUT2D eigenvalue weighted by molar-refractivity contribution is 0.0694. The van der Waals surface area contributed by atoms with Gasteiger partial charge in [-0.3, -0.25) is 4.79 Å². The van der Waals surface area contributed by atoms with Gasteiger partial charge in [-0.05, 0) is 18.1 Å². The molecule has 6 heteroatoms. The van der Waals surface area contributed by atoms with Crippen molar-refractivity contribution in [2.24, 2.45) is 0 Å². The molecule has 0 fully saturated rings. The van der Waals surface area contributed by atoms with Crippen LogP contribution in [0.15, 0.2) is 53.5 Å². The summed E-state index contributed by atoms with van der Waals surface area (Å²) >= 11 is 0. The number of carbonyl (C=O) groups is 1. The zero-order valence-electron chi connectivity index (χ0n) is 12.5. The minimum Gasteiger partial charge on any atom is -0.477 e. The number of nitrogens with zero attached hydrogens (tertiary/aromatic N) is 1. The maximum absolute atomic E-state index is 14.2. The molecule has 0 aliphatic carbocycles. The van der Waals surface area contributed by atoms with E-state index in [0.29, 0.717) is 12.5 Å². The summed E-state index contributed by atoms with van der Waals surface area (Å²) in [5.74, 6) is -3.25. The van der Waals surface area contributed by atoms with E-state index in [-0.39, 0.29) is 17.4 Å². The molecular formula is C18H13F2NO3. The summed E-state index contributed by atoms with van der Waals surface area (Å²) in [6.45, 7) is 0.254. The van der Waals surface area contributed by atoms with Gasteiger partial charge in [-0.2, -0.15) is 0 Å². The quantitative estimate of drug-likeness (QED) is 0.799. The molecule has 0 radical (unpaired) electrons. The van der Waals surface area contributed by atoms with Crippen LogP contribution in [-0.4, -0.2) is 15.6 Å². The van der Waals surface area contributed by atoms with Crippen LogP contribution in [0.25, 0.3) is 10.9 Å². The third-order valence-corrected chi connectivity index (χ3v) is 3.80. The monoisotopic (exact) mass is 329 g/mol. The molecule has 3 aromatic rings. The maximum atomic E-state index is 14.2. The lowest BCUT2D eigenvalue weighted by Gasteiger charge is -2.13. The summed E-state index contributed by atoms with van der Waals surface area (Å²) in [4.78, 5) is 23.4. The van der Waals surface area contributed by atoms with Crippen molar-refractivity contribution in [3.8, 4) is 0 Å². The van der Waals surface area contributed by atoms with Crippen molar-refractivity contribution in [1.29, 1.82) is 0 Å². The fraction of sp³-hybridized carbons (Fsp3) is 0.111. The molecule has 0 saturated carbocycles. The molecule has 0 spiro atoms. The molecule has 0 aliphatic heterocycles. The van der Waals surface area contributed by atoms with E-state index in [0.717, 1.165) is 17.8 Å². The molecule has 0 amide bonds. The van der Waals surface area contributed by atoms with Gasteiger partial charge in [0.1, 0.15) is 11.4 Å². The maximum Gasteiger partial charge on any atom is 0.341 e. The number of carboxylic acids is 1. The molecular weight excluding hydrogens is 316 g/mol. The molecule has 1 N–H and O–H groups in total. The summed E-state index contributed by atoms with van der Waals surface area (Å²) < 4.78 is 29.0. The topological polar surface area (TPSA) is 59.3 Å². The molecule has 0 saturated heterocycles. The van der Waals surface area contributed by atoms with Crippen molar-refractivity contribution in [3.05, 3.63) is 81.6 Å². The largest absolute Gasteiger partial charge is 0.477 e. The number of rotatable bonds is 4. The Labute approximate surface area is 135 Å². The Morgan fingerprint density at radius 2 is 1.83 bits per heavy atom. The number of aromatic carboxylic acids is 1. The fourth-order valence-corrected chi connectivity index (χ4v) is 2.68. The van der Waals surface area contributed by atoms with Gasteiger partial charge >= 0.3 is 5.97 Å². The van der Waals surface area contributed by atoms with Gasteiger partial charge in [-0.25, -0.2) is 13.6 Å². The van der Waals surface area contributed by atoms with Crippen molar-refractivity contribution in [3.63, 3.8) is 0 Å². The van der Waals surface area contributed by atoms with Gasteiger partial charge in [0, 0.05) is 18.8 Å². The lowest BCUT2D eigenvalue weighted by Crippen LogP contribution is -2.20. The number of fused-ring (bicyclic) bond motifs is 1. The molecule has 0 bridgehead atoms. The second-order valence-corrected chi connectivity index (χ2v) is 5.39. The molecule has 0 atom stereocenters. The van der Waals surface area contributed by atoms with Crippen molar-refractivity contribution in [1.82, 2.24) is 4.57 Å². The van der Waals surface area contributed by atoms with Gasteiger partial charge in [0.25, 0.3) is 0 Å². The number of hydrogen-bond donors (Lipinski definition) is 1. The van der Waals surface area contributed by atoms with Gasteiger partial charge in [0.05, 0.1) is 10.9 Å². The van der Waals surface area contributed by atoms with Crippen molar-refractivity contribution < 1.29 is 18.7 Å². The lowest BCUT2D eigenvalue weighted by atomic mass is 10.1. The number of hydrogen-bond acceptors (Lipinski definition) is 2. The standard InChI is InChI=1S/C18H13F2NO3/c19-12-8-13-16(15(20)9-12)21(10-14(17(13)22)18(23)24)7-6-11-4-2-1-3-5-11/h1-5,8-10H,6-7H2,(H,23,24). The SMILES string of the molecule is O=C(O)c1cn(CCc2ccccc2)c2c(F)cc(F)cc2c1=O. The summed E-state index contributed by atoms with van der Waals surface area (Å²) in [6.07, 6.45) is 1.62. The van der Waals surface area contributed by atoms with Crippen LogP contribution in [-0.2, 0) is 13.0 Å². The van der Waals surface area contributed by atoms with Crippen LogP contribution in [0, 0.1) is 11.6 Å². The third-order valence-electron chi connectivity index (χ3n) is 3.80. The first kappa shape index (κ1) is 15.9. The van der Waals surface area contributed by atoms with Crippen molar-refractivity contribution in [2.75, 3.05) is 0 Å². The highest BCUT2D eigenvalue weighted by Crippen LogP contribution is 2.19. The van der Waals surface area contributed by atoms with Crippen LogP contribution < -0.4 is 5.43 Å². The van der Waals surface area contributed by atoms with E-state index >= 15 is 0 Å². The molecule has 4 nitrogen and oxygen atoms in total. The van der Waals surface area contributed by atoms with E-state index in [1.54, 1.807) is 0 Å². The molecule has 122 valence electrons. The second-order valence-electron chi connectivity index (χ2n) is 5.39. The Morgan fingerprint density at radius 3 is 2.50 bits per heavy atom. The highest BCUT2D eigenvalue weighted by molar-refractivity contribution is 5.92. The molecule has 1 heterocycles. The molecule has 24 heavy (non-hydrogen) atoms. The van der Waals surface area contributed by atoms with Gasteiger partial charge in [0.2, 0.25) is 5.43 Å². The van der Waals surface area contributed by atoms with E-state index in [4.69, 9.17) is 0 Å². The predicted octanol–water partition coefficient (Wildman–Crippen LogP) is 3.22. The van der Waals surface area contributed by atoms with E-state index in [1.165, 1.54) is 4.57 Å². The van der Waals surface area contributed by atoms with Gasteiger partial charge < -0.3 is 9.67 Å². The van der Waals surface area contributed by atoms with E-state index in [2.05, 4.69) is 0 Å². The number of pyridine rings is 1. The summed E-state index contributed by atoms with van der Waals surface area (Å²) in [5, 5.41) is 8.90. The number of aromatic nitrogens is 1. The summed E-state index contributed by atoms with van der Waals surface area (Å²) in [7, 11) is 0. The van der Waals surface area contributed by atoms with Crippen LogP contribution in [0.1, 0.15) is 15.9 Å². The first-order valence-electron chi connectivity index (χ1n) is 7.27. The van der Waals surface area contributed by atoms with Crippen LogP contribution in [0.5, 0.6) is 0 Å². The zero-order valence-corrected chi connectivity index (χ0v) is 12.5. The van der Waals surface area contributed by atoms with Crippen LogP contribution >= 0.6 is 0 Å². The average molecular weight is 329 g/mol. The first-order chi connectivity index (χ1) is 11.5. The Bertz CT molecular complexity index is 981. The van der Waals surface area contributed by atoms with E-state index in [1.807, 2.05) is 30.3 Å². The molecule has 0 unspecified atom stereocenters. The molecule has 3 rings (SSSR count). The number of aryl methyl sites for hydroxylation is 2. The van der Waals surface area contributed by atoms with Crippen LogP contribution in [0.4, 0.5) is 8.78 Å².